The van der Waals surface area contributed by atoms with E-state index in [2.05, 4.69) is 10.3 Å². The zero-order valence-corrected chi connectivity index (χ0v) is 12.2. The van der Waals surface area contributed by atoms with E-state index < -0.39 is 5.97 Å². The number of piperidine rings is 1. The highest BCUT2D eigenvalue weighted by Crippen LogP contribution is 2.19. The van der Waals surface area contributed by atoms with Crippen LogP contribution >= 0.6 is 0 Å². The van der Waals surface area contributed by atoms with Crippen LogP contribution in [0.1, 0.15) is 36.9 Å². The number of pyridine rings is 1. The van der Waals surface area contributed by atoms with Crippen LogP contribution < -0.4 is 5.32 Å². The predicted molar refractivity (Wildman–Crippen MR) is 77.8 cm³/mol. The van der Waals surface area contributed by atoms with Crippen LogP contribution in [0.3, 0.4) is 0 Å². The first-order valence-electron chi connectivity index (χ1n) is 7.24. The lowest BCUT2D eigenvalue weighted by Gasteiger charge is -2.34. The van der Waals surface area contributed by atoms with E-state index in [1.54, 1.807) is 11.1 Å². The highest BCUT2D eigenvalue weighted by Gasteiger charge is 2.28. The van der Waals surface area contributed by atoms with Crippen molar-refractivity contribution in [3.05, 3.63) is 29.6 Å². The van der Waals surface area contributed by atoms with E-state index in [9.17, 15) is 9.59 Å². The largest absolute Gasteiger partial charge is 0.481 e. The molecule has 0 bridgehead atoms. The lowest BCUT2D eigenvalue weighted by Crippen LogP contribution is -2.49. The third-order valence-electron chi connectivity index (χ3n) is 3.82. The summed E-state index contributed by atoms with van der Waals surface area (Å²) in [5.41, 5.74) is 1.86. The molecule has 2 heterocycles. The van der Waals surface area contributed by atoms with Gasteiger partial charge in [-0.1, -0.05) is 6.07 Å². The number of aryl methyl sites for hydroxylation is 1. The first-order valence-corrected chi connectivity index (χ1v) is 7.24. The number of nitrogens with one attached hydrogen (secondary N) is 1. The Labute approximate surface area is 124 Å². The second-order valence-electron chi connectivity index (χ2n) is 5.37. The fraction of sp³-hybridized carbons (Fsp3) is 0.533. The van der Waals surface area contributed by atoms with Crippen LogP contribution in [0.5, 0.6) is 0 Å². The van der Waals surface area contributed by atoms with Gasteiger partial charge in [-0.05, 0) is 37.8 Å². The number of rotatable bonds is 4. The quantitative estimate of drug-likeness (QED) is 0.888. The van der Waals surface area contributed by atoms with Gasteiger partial charge in [-0.25, -0.2) is 4.79 Å². The Morgan fingerprint density at radius 1 is 1.48 bits per heavy atom. The van der Waals surface area contributed by atoms with Crippen LogP contribution in [0.15, 0.2) is 18.3 Å². The highest BCUT2D eigenvalue weighted by atomic mass is 16.4. The van der Waals surface area contributed by atoms with Crippen molar-refractivity contribution in [2.24, 2.45) is 0 Å². The maximum atomic E-state index is 12.3. The molecule has 0 aliphatic carbocycles. The third-order valence-corrected chi connectivity index (χ3v) is 3.82. The van der Waals surface area contributed by atoms with Crippen molar-refractivity contribution in [2.75, 3.05) is 6.54 Å². The summed E-state index contributed by atoms with van der Waals surface area (Å²) in [6.07, 6.45) is 4.36. The van der Waals surface area contributed by atoms with Crippen LogP contribution in [0.2, 0.25) is 0 Å². The molecule has 1 aromatic heterocycles. The van der Waals surface area contributed by atoms with Crippen molar-refractivity contribution in [2.45, 2.75) is 45.2 Å². The normalized spacial score (nSPS) is 18.3. The molecule has 1 aliphatic rings. The Morgan fingerprint density at radius 3 is 3.00 bits per heavy atom. The second-order valence-corrected chi connectivity index (χ2v) is 5.37. The lowest BCUT2D eigenvalue weighted by molar-refractivity contribution is -0.138. The minimum Gasteiger partial charge on any atom is -0.481 e. The maximum Gasteiger partial charge on any atom is 0.317 e. The summed E-state index contributed by atoms with van der Waals surface area (Å²) in [7, 11) is 0. The molecule has 0 radical (unpaired) electrons. The van der Waals surface area contributed by atoms with Gasteiger partial charge in [0.05, 0.1) is 18.7 Å². The van der Waals surface area contributed by atoms with Crippen molar-refractivity contribution >= 4 is 12.0 Å². The molecule has 1 saturated heterocycles. The van der Waals surface area contributed by atoms with Gasteiger partial charge in [0.1, 0.15) is 0 Å². The number of hydrogen-bond donors (Lipinski definition) is 2. The Balaban J connectivity index is 1.94. The van der Waals surface area contributed by atoms with E-state index in [0.29, 0.717) is 13.1 Å². The molecule has 21 heavy (non-hydrogen) atoms. The van der Waals surface area contributed by atoms with Crippen molar-refractivity contribution in [3.63, 3.8) is 0 Å². The third kappa shape index (κ3) is 4.18. The summed E-state index contributed by atoms with van der Waals surface area (Å²) >= 11 is 0. The molecule has 2 rings (SSSR count). The molecular weight excluding hydrogens is 270 g/mol. The van der Waals surface area contributed by atoms with Crippen molar-refractivity contribution in [1.29, 1.82) is 0 Å². The molecule has 6 heteroatoms. The number of nitrogens with zero attached hydrogens (tertiary/aromatic N) is 2. The monoisotopic (exact) mass is 291 g/mol. The predicted octanol–water partition coefficient (Wildman–Crippen LogP) is 1.93. The standard InChI is InChI=1S/C15H21N3O3/c1-11-5-4-7-16-13(11)10-17-15(21)18-8-3-2-6-12(18)9-14(19)20/h4-5,7,12H,2-3,6,8-10H2,1H3,(H,17,21)(H,19,20). The molecule has 1 fully saturated rings. The molecule has 2 amide bonds. The number of aromatic nitrogens is 1. The Morgan fingerprint density at radius 2 is 2.29 bits per heavy atom. The van der Waals surface area contributed by atoms with Gasteiger partial charge < -0.3 is 15.3 Å². The smallest absolute Gasteiger partial charge is 0.317 e. The van der Waals surface area contributed by atoms with E-state index in [4.69, 9.17) is 5.11 Å². The average molecular weight is 291 g/mol. The minimum absolute atomic E-state index is 0.00996. The van der Waals surface area contributed by atoms with E-state index in [1.807, 2.05) is 19.1 Å². The van der Waals surface area contributed by atoms with Crippen molar-refractivity contribution < 1.29 is 14.7 Å². The van der Waals surface area contributed by atoms with Crippen LogP contribution in [-0.4, -0.2) is 39.6 Å². The second kappa shape index (κ2) is 7.06. The van der Waals surface area contributed by atoms with Gasteiger partial charge in [0.25, 0.3) is 0 Å². The van der Waals surface area contributed by atoms with Gasteiger partial charge in [0.15, 0.2) is 0 Å². The molecule has 1 atom stereocenters. The van der Waals surface area contributed by atoms with Gasteiger partial charge in [0, 0.05) is 18.8 Å². The molecule has 1 aromatic rings. The molecule has 0 spiro atoms. The number of carboxylic acids is 1. The summed E-state index contributed by atoms with van der Waals surface area (Å²) in [4.78, 5) is 29.0. The van der Waals surface area contributed by atoms with E-state index in [1.165, 1.54) is 0 Å². The number of urea groups is 1. The van der Waals surface area contributed by atoms with E-state index in [0.717, 1.165) is 30.5 Å². The zero-order valence-electron chi connectivity index (χ0n) is 12.2. The molecule has 1 unspecified atom stereocenters. The Bertz CT molecular complexity index is 519. The van der Waals surface area contributed by atoms with E-state index in [-0.39, 0.29) is 18.5 Å². The van der Waals surface area contributed by atoms with Gasteiger partial charge in [0.2, 0.25) is 0 Å². The van der Waals surface area contributed by atoms with E-state index >= 15 is 0 Å². The summed E-state index contributed by atoms with van der Waals surface area (Å²) < 4.78 is 0. The summed E-state index contributed by atoms with van der Waals surface area (Å²) in [6.45, 7) is 2.93. The fourth-order valence-electron chi connectivity index (χ4n) is 2.65. The van der Waals surface area contributed by atoms with Crippen molar-refractivity contribution in [3.8, 4) is 0 Å². The zero-order chi connectivity index (χ0) is 15.2. The number of carboxylic acid groups (broad SMARTS) is 1. The van der Waals surface area contributed by atoms with Crippen molar-refractivity contribution in [1.82, 2.24) is 15.2 Å². The van der Waals surface area contributed by atoms with Crippen LogP contribution in [0.25, 0.3) is 0 Å². The fourth-order valence-corrected chi connectivity index (χ4v) is 2.65. The lowest BCUT2D eigenvalue weighted by atomic mass is 10.00. The first-order chi connectivity index (χ1) is 10.1. The molecule has 1 aliphatic heterocycles. The van der Waals surface area contributed by atoms with Gasteiger partial charge in [-0.3, -0.25) is 9.78 Å². The topological polar surface area (TPSA) is 82.5 Å². The first kappa shape index (κ1) is 15.3. The Hall–Kier alpha value is -2.11. The molecular formula is C15H21N3O3. The molecule has 6 nitrogen and oxygen atoms in total. The molecule has 0 aromatic carbocycles. The number of amides is 2. The number of carbonyl (C=O) groups excluding carboxylic acids is 1. The summed E-state index contributed by atoms with van der Waals surface area (Å²) in [5.74, 6) is -0.861. The molecule has 114 valence electrons. The number of likely N-dealkylation sites (tertiary alicyclic amines) is 1. The SMILES string of the molecule is Cc1cccnc1CNC(=O)N1CCCCC1CC(=O)O. The number of aliphatic carboxylic acids is 1. The molecule has 0 saturated carbocycles. The maximum absolute atomic E-state index is 12.3. The van der Waals surface area contributed by atoms with Crippen LogP contribution in [-0.2, 0) is 11.3 Å². The summed E-state index contributed by atoms with van der Waals surface area (Å²) in [5, 5.41) is 11.8. The van der Waals surface area contributed by atoms with Gasteiger partial charge in [-0.15, -0.1) is 0 Å². The Kier molecular flexibility index (Phi) is 5.14. The average Bonchev–Trinajstić information content (AvgIpc) is 2.46. The minimum atomic E-state index is -0.861. The number of hydrogen-bond acceptors (Lipinski definition) is 3. The van der Waals surface area contributed by atoms with Crippen LogP contribution in [0.4, 0.5) is 4.79 Å². The van der Waals surface area contributed by atoms with Gasteiger partial charge in [-0.2, -0.15) is 0 Å². The van der Waals surface area contributed by atoms with Crippen LogP contribution in [0, 0.1) is 6.92 Å². The highest BCUT2D eigenvalue weighted by molar-refractivity contribution is 5.76. The molecule has 2 N–H and O–H groups in total. The van der Waals surface area contributed by atoms with Gasteiger partial charge >= 0.3 is 12.0 Å². The number of carbonyl (C=O) groups is 2. The summed E-state index contributed by atoms with van der Waals surface area (Å²) in [6, 6.07) is 3.39.